The van der Waals surface area contributed by atoms with Crippen molar-refractivity contribution in [1.82, 2.24) is 0 Å². The molecule has 0 aliphatic carbocycles. The molecular weight excluding hydrogens is 159 g/mol. The maximum atomic E-state index is 5.56. The van der Waals surface area contributed by atoms with Crippen LogP contribution in [0, 0.1) is 0 Å². The van der Waals surface area contributed by atoms with Crippen molar-refractivity contribution in [2.24, 2.45) is 0 Å². The van der Waals surface area contributed by atoms with Gasteiger partial charge in [0, 0.05) is 0 Å². The molecule has 0 radical (unpaired) electrons. The zero-order chi connectivity index (χ0) is 6.57. The van der Waals surface area contributed by atoms with E-state index in [9.17, 15) is 0 Å². The largest absolute Gasteiger partial charge is 0.262 e. The molecule has 8 heavy (non-hydrogen) atoms. The summed E-state index contributed by atoms with van der Waals surface area (Å²) in [5, 5.41) is 0.934. The van der Waals surface area contributed by atoms with Crippen molar-refractivity contribution in [2.75, 3.05) is 0 Å². The fourth-order valence-corrected chi connectivity index (χ4v) is 1.15. The van der Waals surface area contributed by atoms with Crippen LogP contribution in [-0.2, 0) is 0 Å². The summed E-state index contributed by atoms with van der Waals surface area (Å²) in [6, 6.07) is 0. The van der Waals surface area contributed by atoms with Crippen LogP contribution in [0.25, 0.3) is 0 Å². The highest BCUT2D eigenvalue weighted by molar-refractivity contribution is 7.36. The predicted molar refractivity (Wildman–Crippen MR) is 42.8 cm³/mol. The Morgan fingerprint density at radius 2 is 2.12 bits per heavy atom. The lowest BCUT2D eigenvalue weighted by Crippen LogP contribution is -1.95. The molecule has 0 aromatic carbocycles. The maximum Gasteiger partial charge on any atom is 0.262 e. The van der Waals surface area contributed by atoms with Crippen molar-refractivity contribution in [3.8, 4) is 0 Å². The summed E-state index contributed by atoms with van der Waals surface area (Å²) in [5.74, 6) is 0. The smallest absolute Gasteiger partial charge is 0.145 e. The van der Waals surface area contributed by atoms with Crippen LogP contribution in [0.1, 0.15) is 6.42 Å². The van der Waals surface area contributed by atoms with Crippen molar-refractivity contribution >= 4 is 29.6 Å². The lowest BCUT2D eigenvalue weighted by Gasteiger charge is -1.96. The van der Waals surface area contributed by atoms with Gasteiger partial charge in [-0.05, 0) is 6.42 Å². The molecule has 0 aliphatic heterocycles. The normalized spacial score (nSPS) is 9.38. The van der Waals surface area contributed by atoms with Gasteiger partial charge in [0.05, 0.1) is 0 Å². The minimum Gasteiger partial charge on any atom is -0.145 e. The fraction of sp³-hybridized carbons (Fsp3) is 0.200. The van der Waals surface area contributed by atoms with E-state index in [0.29, 0.717) is 0 Å². The molecular formula is C5H8Cl2Si. The Balaban J connectivity index is 3.48. The highest BCUT2D eigenvalue weighted by Crippen LogP contribution is 2.10. The van der Waals surface area contributed by atoms with Crippen LogP contribution in [-0.4, -0.2) is 7.42 Å². The first kappa shape index (κ1) is 8.28. The van der Waals surface area contributed by atoms with E-state index < -0.39 is 7.42 Å². The van der Waals surface area contributed by atoms with E-state index in [1.165, 1.54) is 0 Å². The van der Waals surface area contributed by atoms with Crippen LogP contribution in [0.2, 0.25) is 0 Å². The molecule has 0 unspecified atom stereocenters. The number of hydrogen-bond donors (Lipinski definition) is 0. The highest BCUT2D eigenvalue weighted by atomic mass is 35.7. The van der Waals surface area contributed by atoms with E-state index in [1.54, 1.807) is 6.08 Å². The number of rotatable bonds is 3. The number of hydrogen-bond acceptors (Lipinski definition) is 0. The third-order valence-corrected chi connectivity index (χ3v) is 3.42. The van der Waals surface area contributed by atoms with E-state index >= 15 is 0 Å². The van der Waals surface area contributed by atoms with Gasteiger partial charge < -0.3 is 0 Å². The first-order valence-electron chi connectivity index (χ1n) is 2.25. The third-order valence-electron chi connectivity index (χ3n) is 0.715. The molecule has 3 heteroatoms. The monoisotopic (exact) mass is 166 g/mol. The van der Waals surface area contributed by atoms with Crippen molar-refractivity contribution in [2.45, 2.75) is 6.42 Å². The minimum absolute atomic E-state index is 0.754. The van der Waals surface area contributed by atoms with Gasteiger partial charge in [-0.2, -0.15) is 0 Å². The van der Waals surface area contributed by atoms with Crippen molar-refractivity contribution < 1.29 is 0 Å². The van der Waals surface area contributed by atoms with Crippen molar-refractivity contribution in [1.29, 1.82) is 0 Å². The Bertz CT molecular complexity index is 98.6. The predicted octanol–water partition coefficient (Wildman–Crippen LogP) is 2.36. The molecule has 0 atom stereocenters. The average Bonchev–Trinajstić information content (AvgIpc) is 1.67. The van der Waals surface area contributed by atoms with Gasteiger partial charge in [0.15, 0.2) is 0 Å². The number of halogens is 2. The zero-order valence-corrected chi connectivity index (χ0v) is 7.20. The maximum absolute atomic E-state index is 5.56. The van der Waals surface area contributed by atoms with E-state index in [0.717, 1.165) is 11.6 Å². The molecule has 0 spiro atoms. The molecule has 0 saturated heterocycles. The molecule has 0 saturated carbocycles. The molecule has 0 heterocycles. The second kappa shape index (κ2) is 4.19. The molecule has 0 nitrogen and oxygen atoms in total. The molecule has 46 valence electrons. The van der Waals surface area contributed by atoms with Gasteiger partial charge >= 0.3 is 0 Å². The van der Waals surface area contributed by atoms with Gasteiger partial charge in [-0.25, -0.2) is 0 Å². The molecule has 0 aromatic heterocycles. The summed E-state index contributed by atoms with van der Waals surface area (Å²) in [7, 11) is -1.60. The van der Waals surface area contributed by atoms with Gasteiger partial charge in [-0.3, -0.25) is 0 Å². The van der Waals surface area contributed by atoms with E-state index in [-0.39, 0.29) is 0 Å². The average molecular weight is 167 g/mol. The molecule has 0 bridgehead atoms. The van der Waals surface area contributed by atoms with E-state index in [2.05, 4.69) is 13.2 Å². The van der Waals surface area contributed by atoms with Gasteiger partial charge in [0.2, 0.25) is 0 Å². The quantitative estimate of drug-likeness (QED) is 0.344. The van der Waals surface area contributed by atoms with Crippen LogP contribution in [0.4, 0.5) is 0 Å². The topological polar surface area (TPSA) is 0 Å². The SMILES string of the molecule is C=CCC(=C)[SiH](Cl)Cl. The minimum atomic E-state index is -1.60. The van der Waals surface area contributed by atoms with Gasteiger partial charge in [0.1, 0.15) is 0 Å². The summed E-state index contributed by atoms with van der Waals surface area (Å²) in [4.78, 5) is 0. The second-order valence-corrected chi connectivity index (χ2v) is 6.16. The van der Waals surface area contributed by atoms with Crippen molar-refractivity contribution in [3.05, 3.63) is 24.4 Å². The Morgan fingerprint density at radius 3 is 2.25 bits per heavy atom. The fourth-order valence-electron chi connectivity index (χ4n) is 0.274. The van der Waals surface area contributed by atoms with Gasteiger partial charge in [-0.1, -0.05) is 11.3 Å². The Labute approximate surface area is 60.8 Å². The molecule has 0 amide bonds. The van der Waals surface area contributed by atoms with Gasteiger partial charge in [-0.15, -0.1) is 35.3 Å². The van der Waals surface area contributed by atoms with E-state index in [1.807, 2.05) is 0 Å². The highest BCUT2D eigenvalue weighted by Gasteiger charge is 2.03. The first-order chi connectivity index (χ1) is 3.68. The van der Waals surface area contributed by atoms with Crippen LogP contribution < -0.4 is 0 Å². The second-order valence-electron chi connectivity index (χ2n) is 1.45. The van der Waals surface area contributed by atoms with Crippen LogP contribution in [0.3, 0.4) is 0 Å². The standard InChI is InChI=1S/C5H8Cl2Si/c1-3-4-5(2)8(6)7/h3,8H,1-2,4H2. The lowest BCUT2D eigenvalue weighted by molar-refractivity contribution is 1.37. The van der Waals surface area contributed by atoms with Crippen molar-refractivity contribution in [3.63, 3.8) is 0 Å². The zero-order valence-electron chi connectivity index (χ0n) is 4.53. The Hall–Kier alpha value is 0.277. The van der Waals surface area contributed by atoms with Crippen LogP contribution in [0.15, 0.2) is 24.4 Å². The third kappa shape index (κ3) is 3.30. The summed E-state index contributed by atoms with van der Waals surface area (Å²) in [5.41, 5.74) is 0. The van der Waals surface area contributed by atoms with Crippen LogP contribution in [0.5, 0.6) is 0 Å². The summed E-state index contributed by atoms with van der Waals surface area (Å²) < 4.78 is 0. The molecule has 0 fully saturated rings. The molecule has 0 rings (SSSR count). The summed E-state index contributed by atoms with van der Waals surface area (Å²) >= 11 is 11.1. The van der Waals surface area contributed by atoms with Crippen LogP contribution >= 0.6 is 22.2 Å². The summed E-state index contributed by atoms with van der Waals surface area (Å²) in [6.45, 7) is 7.20. The first-order valence-corrected chi connectivity index (χ1v) is 6.32. The molecule has 0 N–H and O–H groups in total. The number of allylic oxidation sites excluding steroid dienone is 2. The lowest BCUT2D eigenvalue weighted by atomic mass is 10.4. The Morgan fingerprint density at radius 1 is 1.62 bits per heavy atom. The molecule has 0 aromatic rings. The van der Waals surface area contributed by atoms with Gasteiger partial charge in [0.25, 0.3) is 7.42 Å². The Kier molecular flexibility index (Phi) is 4.33. The molecule has 0 aliphatic rings. The summed E-state index contributed by atoms with van der Waals surface area (Å²) in [6.07, 6.45) is 2.51. The van der Waals surface area contributed by atoms with E-state index in [4.69, 9.17) is 22.2 Å².